The lowest BCUT2D eigenvalue weighted by atomic mass is 10.1. The summed E-state index contributed by atoms with van der Waals surface area (Å²) in [6.07, 6.45) is 0. The largest absolute Gasteiger partial charge is 0.457 e. The first-order valence-electron chi connectivity index (χ1n) is 16.3. The fraction of sp³-hybridized carbons (Fsp3) is 0.0500. The Morgan fingerprint density at radius 3 is 1.28 bits per heavy atom. The summed E-state index contributed by atoms with van der Waals surface area (Å²) in [5, 5.41) is 3.58. The molecule has 5 aromatic carbocycles. The van der Waals surface area contributed by atoms with Crippen LogP contribution in [0.2, 0.25) is 0 Å². The molecule has 10 heteroatoms. The van der Waals surface area contributed by atoms with Gasteiger partial charge in [-0.25, -0.2) is 29.9 Å². The van der Waals surface area contributed by atoms with E-state index in [1.807, 2.05) is 129 Å². The summed E-state index contributed by atoms with van der Waals surface area (Å²) in [5.74, 6) is 3.65. The minimum Gasteiger partial charge on any atom is -0.457 e. The van der Waals surface area contributed by atoms with Crippen LogP contribution in [0.5, 0.6) is 11.5 Å². The Balaban J connectivity index is 1.28. The van der Waals surface area contributed by atoms with Crippen LogP contribution in [-0.4, -0.2) is 54.0 Å². The lowest BCUT2D eigenvalue weighted by Crippen LogP contribution is -2.07. The summed E-state index contributed by atoms with van der Waals surface area (Å²) in [7, 11) is 4.03. The van der Waals surface area contributed by atoms with Crippen molar-refractivity contribution in [2.45, 2.75) is 0 Å². The van der Waals surface area contributed by atoms with Crippen LogP contribution in [0.1, 0.15) is 0 Å². The van der Waals surface area contributed by atoms with Gasteiger partial charge in [0.15, 0.2) is 23.3 Å². The topological polar surface area (TPSA) is 121 Å². The highest BCUT2D eigenvalue weighted by molar-refractivity contribution is 6.06. The molecule has 0 amide bonds. The Kier molecular flexibility index (Phi) is 6.07. The first-order chi connectivity index (χ1) is 24.6. The van der Waals surface area contributed by atoms with Gasteiger partial charge in [0, 0.05) is 63.6 Å². The molecule has 8 bridgehead atoms. The Labute approximate surface area is 285 Å². The molecule has 0 aliphatic carbocycles. The predicted molar refractivity (Wildman–Crippen MR) is 197 cm³/mol. The zero-order valence-electron chi connectivity index (χ0n) is 27.0. The van der Waals surface area contributed by atoms with Gasteiger partial charge in [0.2, 0.25) is 0 Å². The molecule has 0 atom stereocenters. The van der Waals surface area contributed by atoms with Gasteiger partial charge in [-0.05, 0) is 42.5 Å². The van der Waals surface area contributed by atoms with Crippen LogP contribution in [0.15, 0.2) is 115 Å². The van der Waals surface area contributed by atoms with Crippen molar-refractivity contribution in [2.24, 2.45) is 0 Å². The first kappa shape index (κ1) is 28.1. The van der Waals surface area contributed by atoms with E-state index in [4.69, 9.17) is 34.6 Å². The number of nitrogens with zero attached hydrogens (tertiary/aromatic N) is 7. The van der Waals surface area contributed by atoms with Crippen LogP contribution < -0.4 is 9.64 Å². The molecule has 2 aliphatic heterocycles. The molecule has 238 valence electrons. The van der Waals surface area contributed by atoms with Crippen molar-refractivity contribution in [2.75, 3.05) is 19.0 Å². The number of benzene rings is 5. The third-order valence-corrected chi connectivity index (χ3v) is 9.11. The summed E-state index contributed by atoms with van der Waals surface area (Å²) < 4.78 is 6.33. The lowest BCUT2D eigenvalue weighted by molar-refractivity contribution is 0.483. The molecule has 0 saturated carbocycles. The molecule has 0 unspecified atom stereocenters. The molecule has 2 N–H and O–H groups in total. The Bertz CT molecular complexity index is 2830. The van der Waals surface area contributed by atoms with Gasteiger partial charge in [-0.1, -0.05) is 72.8 Å². The standard InChI is InChI=1S/C40H27N9O/c1-49(2)22-15-17-23(18-16-22)50-24-19-20-31-32(21-24)40-47-38-30-14-8-7-13-29(30)36(45-38)43-34-26-10-4-3-9-25(26)33(41-34)42-35-27-11-5-6-12-28(27)37(44-35)46-39(31)48-40/h3-21H,1-2H3,(H2,41,42,43,44,45,46,47,48). The van der Waals surface area contributed by atoms with E-state index in [2.05, 4.69) is 14.9 Å². The molecular formula is C40H27N9O. The SMILES string of the molecule is CN(C)c1ccc(Oc2ccc3c4nc5nc(nc6[nH]c(nc7nc(nc([nH]4)c3c2)-c2ccccc2-7)c2ccccc62)-c2ccccc2-5)cc1. The average molecular weight is 650 g/mol. The second kappa shape index (κ2) is 10.8. The molecule has 2 aliphatic rings. The minimum atomic E-state index is 0.548. The Morgan fingerprint density at radius 2 is 0.820 bits per heavy atom. The molecule has 0 spiro atoms. The zero-order valence-corrected chi connectivity index (χ0v) is 27.0. The number of anilines is 1. The maximum atomic E-state index is 6.33. The monoisotopic (exact) mass is 649 g/mol. The van der Waals surface area contributed by atoms with Gasteiger partial charge in [0.1, 0.15) is 34.1 Å². The molecule has 0 fully saturated rings. The number of aromatic amines is 2. The van der Waals surface area contributed by atoms with Crippen molar-refractivity contribution in [3.05, 3.63) is 115 Å². The van der Waals surface area contributed by atoms with E-state index in [-0.39, 0.29) is 0 Å². The Morgan fingerprint density at radius 1 is 0.420 bits per heavy atom. The first-order valence-corrected chi connectivity index (χ1v) is 16.3. The van der Waals surface area contributed by atoms with E-state index in [9.17, 15) is 0 Å². The summed E-state index contributed by atoms with van der Waals surface area (Å²) in [5.41, 5.74) is 7.22. The van der Waals surface area contributed by atoms with Crippen LogP contribution in [-0.2, 0) is 0 Å². The number of H-pyrrole nitrogens is 2. The highest BCUT2D eigenvalue weighted by atomic mass is 16.5. The van der Waals surface area contributed by atoms with E-state index in [1.165, 1.54) is 0 Å². The smallest absolute Gasteiger partial charge is 0.164 e. The molecule has 10 nitrogen and oxygen atoms in total. The normalized spacial score (nSPS) is 11.8. The fourth-order valence-electron chi connectivity index (χ4n) is 6.63. The van der Waals surface area contributed by atoms with Crippen molar-refractivity contribution in [3.63, 3.8) is 0 Å². The molecule has 10 rings (SSSR count). The van der Waals surface area contributed by atoms with Crippen LogP contribution >= 0.6 is 0 Å². The van der Waals surface area contributed by atoms with E-state index < -0.39 is 0 Å². The summed E-state index contributed by atoms with van der Waals surface area (Å²) in [6.45, 7) is 0. The van der Waals surface area contributed by atoms with Gasteiger partial charge in [-0.3, -0.25) is 0 Å². The maximum Gasteiger partial charge on any atom is 0.164 e. The summed E-state index contributed by atoms with van der Waals surface area (Å²) in [6, 6.07) is 38.0. The quantitative estimate of drug-likeness (QED) is 0.195. The highest BCUT2D eigenvalue weighted by Crippen LogP contribution is 2.37. The predicted octanol–water partition coefficient (Wildman–Crippen LogP) is 8.73. The number of fused-ring (bicyclic) bond motifs is 20. The summed E-state index contributed by atoms with van der Waals surface area (Å²) in [4.78, 5) is 39.3. The zero-order chi connectivity index (χ0) is 33.3. The van der Waals surface area contributed by atoms with Crippen molar-refractivity contribution < 1.29 is 4.74 Å². The van der Waals surface area contributed by atoms with Gasteiger partial charge >= 0.3 is 0 Å². The molecular weight excluding hydrogens is 623 g/mol. The average Bonchev–Trinajstić information content (AvgIpc) is 3.87. The van der Waals surface area contributed by atoms with Gasteiger partial charge in [0.25, 0.3) is 0 Å². The number of hydrogen-bond acceptors (Lipinski definition) is 8. The number of rotatable bonds is 3. The van der Waals surface area contributed by atoms with Crippen molar-refractivity contribution in [1.29, 1.82) is 0 Å². The van der Waals surface area contributed by atoms with Crippen molar-refractivity contribution in [1.82, 2.24) is 39.9 Å². The number of hydrogen-bond donors (Lipinski definition) is 2. The van der Waals surface area contributed by atoms with Crippen molar-refractivity contribution in [3.8, 4) is 57.1 Å². The second-order valence-corrected chi connectivity index (χ2v) is 12.4. The van der Waals surface area contributed by atoms with E-state index in [1.54, 1.807) is 0 Å². The molecule has 50 heavy (non-hydrogen) atoms. The maximum absolute atomic E-state index is 6.33. The Hall–Kier alpha value is -6.94. The van der Waals surface area contributed by atoms with Crippen molar-refractivity contribution >= 4 is 49.8 Å². The van der Waals surface area contributed by atoms with Crippen LogP contribution in [0, 0.1) is 0 Å². The number of aromatic nitrogens is 8. The van der Waals surface area contributed by atoms with E-state index in [0.717, 1.165) is 55.2 Å². The highest BCUT2D eigenvalue weighted by Gasteiger charge is 2.22. The molecule has 0 saturated heterocycles. The second-order valence-electron chi connectivity index (χ2n) is 12.4. The molecule has 0 radical (unpaired) electrons. The van der Waals surface area contributed by atoms with Gasteiger partial charge in [-0.2, -0.15) is 0 Å². The minimum absolute atomic E-state index is 0.548. The number of ether oxygens (including phenoxy) is 1. The lowest BCUT2D eigenvalue weighted by Gasteiger charge is -2.13. The number of nitrogens with one attached hydrogen (secondary N) is 2. The van der Waals surface area contributed by atoms with Gasteiger partial charge in [0.05, 0.1) is 0 Å². The van der Waals surface area contributed by atoms with Crippen LogP contribution in [0.25, 0.3) is 89.7 Å². The molecule has 8 aromatic rings. The fourth-order valence-corrected chi connectivity index (χ4v) is 6.63. The van der Waals surface area contributed by atoms with Gasteiger partial charge in [-0.15, -0.1) is 0 Å². The van der Waals surface area contributed by atoms with Crippen LogP contribution in [0.4, 0.5) is 5.69 Å². The van der Waals surface area contributed by atoms with E-state index in [0.29, 0.717) is 51.6 Å². The molecule has 3 aromatic heterocycles. The van der Waals surface area contributed by atoms with E-state index >= 15 is 0 Å². The summed E-state index contributed by atoms with van der Waals surface area (Å²) >= 11 is 0. The molecule has 5 heterocycles. The van der Waals surface area contributed by atoms with Crippen LogP contribution in [0.3, 0.4) is 0 Å². The third-order valence-electron chi connectivity index (χ3n) is 9.11. The van der Waals surface area contributed by atoms with Gasteiger partial charge < -0.3 is 19.6 Å². The third kappa shape index (κ3) is 4.50.